The Bertz CT molecular complexity index is 557. The molecule has 0 unspecified atom stereocenters. The molecule has 0 spiro atoms. The second-order valence-electron chi connectivity index (χ2n) is 5.79. The van der Waals surface area contributed by atoms with E-state index in [4.69, 9.17) is 0 Å². The lowest BCUT2D eigenvalue weighted by Crippen LogP contribution is -2.26. The standard InChI is InChI=1S/C14H22N2O3S/c1-14(2,3)11-5-7-12(8-6-11)16-13(17)9-10-15-20(4,18)19/h5-8,15H,9-10H2,1-4H3,(H,16,17). The molecule has 0 saturated carbocycles. The smallest absolute Gasteiger partial charge is 0.225 e. The van der Waals surface area contributed by atoms with Crippen molar-refractivity contribution in [3.63, 3.8) is 0 Å². The minimum atomic E-state index is -3.24. The van der Waals surface area contributed by atoms with Crippen LogP contribution in [0.4, 0.5) is 5.69 Å². The van der Waals surface area contributed by atoms with E-state index in [0.29, 0.717) is 5.69 Å². The van der Waals surface area contributed by atoms with Crippen LogP contribution < -0.4 is 10.0 Å². The van der Waals surface area contributed by atoms with Crippen LogP contribution in [0.3, 0.4) is 0 Å². The number of benzene rings is 1. The van der Waals surface area contributed by atoms with Gasteiger partial charge in [0.05, 0.1) is 6.26 Å². The third-order valence-electron chi connectivity index (χ3n) is 2.75. The molecule has 112 valence electrons. The molecule has 0 atom stereocenters. The quantitative estimate of drug-likeness (QED) is 0.871. The Hall–Kier alpha value is -1.40. The van der Waals surface area contributed by atoms with Crippen molar-refractivity contribution in [2.75, 3.05) is 18.1 Å². The highest BCUT2D eigenvalue weighted by atomic mass is 32.2. The van der Waals surface area contributed by atoms with E-state index < -0.39 is 10.0 Å². The molecule has 0 bridgehead atoms. The third kappa shape index (κ3) is 6.16. The minimum Gasteiger partial charge on any atom is -0.326 e. The van der Waals surface area contributed by atoms with Gasteiger partial charge < -0.3 is 5.32 Å². The summed E-state index contributed by atoms with van der Waals surface area (Å²) in [6.45, 7) is 6.47. The van der Waals surface area contributed by atoms with Crippen molar-refractivity contribution in [1.82, 2.24) is 4.72 Å². The number of anilines is 1. The number of hydrogen-bond donors (Lipinski definition) is 2. The fourth-order valence-corrected chi connectivity index (χ4v) is 2.10. The second kappa shape index (κ2) is 6.37. The molecule has 5 nitrogen and oxygen atoms in total. The zero-order valence-corrected chi connectivity index (χ0v) is 13.2. The SMILES string of the molecule is CC(C)(C)c1ccc(NC(=O)CCNS(C)(=O)=O)cc1. The van der Waals surface area contributed by atoms with Gasteiger partial charge in [-0.1, -0.05) is 32.9 Å². The minimum absolute atomic E-state index is 0.0714. The van der Waals surface area contributed by atoms with Crippen molar-refractivity contribution in [2.45, 2.75) is 32.6 Å². The average molecular weight is 298 g/mol. The number of rotatable bonds is 5. The van der Waals surface area contributed by atoms with E-state index in [-0.39, 0.29) is 24.3 Å². The molecule has 1 aromatic rings. The van der Waals surface area contributed by atoms with Gasteiger partial charge in [0.1, 0.15) is 0 Å². The molecule has 0 aliphatic heterocycles. The van der Waals surface area contributed by atoms with E-state index in [0.717, 1.165) is 6.26 Å². The van der Waals surface area contributed by atoms with Gasteiger partial charge in [-0.15, -0.1) is 0 Å². The molecule has 1 amide bonds. The van der Waals surface area contributed by atoms with E-state index in [1.807, 2.05) is 24.3 Å². The van der Waals surface area contributed by atoms with Crippen LogP contribution in [-0.2, 0) is 20.2 Å². The summed E-state index contributed by atoms with van der Waals surface area (Å²) >= 11 is 0. The molecule has 6 heteroatoms. The number of amides is 1. The van der Waals surface area contributed by atoms with Gasteiger partial charge in [-0.25, -0.2) is 13.1 Å². The van der Waals surface area contributed by atoms with E-state index >= 15 is 0 Å². The number of hydrogen-bond acceptors (Lipinski definition) is 3. The van der Waals surface area contributed by atoms with E-state index in [1.54, 1.807) is 0 Å². The Morgan fingerprint density at radius 2 is 1.70 bits per heavy atom. The lowest BCUT2D eigenvalue weighted by atomic mass is 9.87. The molecular weight excluding hydrogens is 276 g/mol. The summed E-state index contributed by atoms with van der Waals surface area (Å²) in [4.78, 5) is 11.6. The molecule has 0 aromatic heterocycles. The Morgan fingerprint density at radius 3 is 2.15 bits per heavy atom. The van der Waals surface area contributed by atoms with Crippen LogP contribution >= 0.6 is 0 Å². The second-order valence-corrected chi connectivity index (χ2v) is 7.63. The van der Waals surface area contributed by atoms with Crippen LogP contribution in [0.15, 0.2) is 24.3 Å². The zero-order valence-electron chi connectivity index (χ0n) is 12.4. The summed E-state index contributed by atoms with van der Waals surface area (Å²) < 4.78 is 24.0. The number of nitrogens with one attached hydrogen (secondary N) is 2. The summed E-state index contributed by atoms with van der Waals surface area (Å²) in [5.74, 6) is -0.218. The van der Waals surface area contributed by atoms with Gasteiger partial charge in [-0.05, 0) is 23.1 Å². The Balaban J connectivity index is 2.51. The molecule has 0 radical (unpaired) electrons. The van der Waals surface area contributed by atoms with E-state index in [1.165, 1.54) is 5.56 Å². The van der Waals surface area contributed by atoms with Crippen LogP contribution in [0.1, 0.15) is 32.8 Å². The zero-order chi connectivity index (χ0) is 15.4. The number of carbonyl (C=O) groups is 1. The molecule has 0 saturated heterocycles. The molecule has 0 fully saturated rings. The topological polar surface area (TPSA) is 75.3 Å². The summed E-state index contributed by atoms with van der Waals surface area (Å²) in [5, 5.41) is 2.73. The van der Waals surface area contributed by atoms with Gasteiger partial charge in [0, 0.05) is 18.7 Å². The molecule has 0 aliphatic rings. The average Bonchev–Trinajstić information content (AvgIpc) is 2.26. The Kier molecular flexibility index (Phi) is 5.30. The van der Waals surface area contributed by atoms with Gasteiger partial charge in [0.15, 0.2) is 0 Å². The van der Waals surface area contributed by atoms with Crippen molar-refractivity contribution >= 4 is 21.6 Å². The van der Waals surface area contributed by atoms with Gasteiger partial charge >= 0.3 is 0 Å². The largest absolute Gasteiger partial charge is 0.326 e. The maximum Gasteiger partial charge on any atom is 0.225 e. The fraction of sp³-hybridized carbons (Fsp3) is 0.500. The molecule has 0 aliphatic carbocycles. The van der Waals surface area contributed by atoms with Crippen molar-refractivity contribution in [2.24, 2.45) is 0 Å². The molecule has 0 heterocycles. The monoisotopic (exact) mass is 298 g/mol. The predicted octanol–water partition coefficient (Wildman–Crippen LogP) is 1.86. The Morgan fingerprint density at radius 1 is 1.15 bits per heavy atom. The number of sulfonamides is 1. The van der Waals surface area contributed by atoms with Gasteiger partial charge in [-0.2, -0.15) is 0 Å². The van der Waals surface area contributed by atoms with Gasteiger partial charge in [-0.3, -0.25) is 4.79 Å². The lowest BCUT2D eigenvalue weighted by Gasteiger charge is -2.19. The predicted molar refractivity (Wildman–Crippen MR) is 81.2 cm³/mol. The van der Waals surface area contributed by atoms with Gasteiger partial charge in [0.25, 0.3) is 0 Å². The summed E-state index contributed by atoms with van der Waals surface area (Å²) in [7, 11) is -3.24. The third-order valence-corrected chi connectivity index (χ3v) is 3.48. The van der Waals surface area contributed by atoms with Crippen LogP contribution in [0.25, 0.3) is 0 Å². The van der Waals surface area contributed by atoms with E-state index in [2.05, 4.69) is 30.8 Å². The first-order valence-electron chi connectivity index (χ1n) is 6.43. The normalized spacial score (nSPS) is 12.2. The van der Waals surface area contributed by atoms with Crippen molar-refractivity contribution in [3.8, 4) is 0 Å². The first-order chi connectivity index (χ1) is 9.08. The Labute approximate surface area is 120 Å². The summed E-state index contributed by atoms with van der Waals surface area (Å²) in [6, 6.07) is 7.65. The summed E-state index contributed by atoms with van der Waals surface area (Å²) in [6.07, 6.45) is 1.17. The summed E-state index contributed by atoms with van der Waals surface area (Å²) in [5.41, 5.74) is 1.97. The molecular formula is C14H22N2O3S. The lowest BCUT2D eigenvalue weighted by molar-refractivity contribution is -0.116. The van der Waals surface area contributed by atoms with Crippen LogP contribution in [-0.4, -0.2) is 27.1 Å². The molecule has 1 rings (SSSR count). The fourth-order valence-electron chi connectivity index (χ4n) is 1.63. The van der Waals surface area contributed by atoms with E-state index in [9.17, 15) is 13.2 Å². The highest BCUT2D eigenvalue weighted by Crippen LogP contribution is 2.23. The highest BCUT2D eigenvalue weighted by molar-refractivity contribution is 7.88. The number of carbonyl (C=O) groups excluding carboxylic acids is 1. The van der Waals surface area contributed by atoms with Gasteiger partial charge in [0.2, 0.25) is 15.9 Å². The van der Waals surface area contributed by atoms with Crippen LogP contribution in [0, 0.1) is 0 Å². The molecule has 20 heavy (non-hydrogen) atoms. The molecule has 2 N–H and O–H groups in total. The van der Waals surface area contributed by atoms with Crippen LogP contribution in [0.2, 0.25) is 0 Å². The van der Waals surface area contributed by atoms with Crippen molar-refractivity contribution in [1.29, 1.82) is 0 Å². The first-order valence-corrected chi connectivity index (χ1v) is 8.32. The maximum atomic E-state index is 11.6. The van der Waals surface area contributed by atoms with Crippen molar-refractivity contribution < 1.29 is 13.2 Å². The van der Waals surface area contributed by atoms with Crippen molar-refractivity contribution in [3.05, 3.63) is 29.8 Å². The first kappa shape index (κ1) is 16.7. The molecule has 1 aromatic carbocycles. The highest BCUT2D eigenvalue weighted by Gasteiger charge is 2.13. The van der Waals surface area contributed by atoms with Crippen LogP contribution in [0.5, 0.6) is 0 Å². The maximum absolute atomic E-state index is 11.6.